The molecule has 1 atom stereocenters. The quantitative estimate of drug-likeness (QED) is 0.854. The number of ether oxygens (including phenoxy) is 1. The lowest BCUT2D eigenvalue weighted by Crippen LogP contribution is -2.31. The molecule has 1 fully saturated rings. The zero-order chi connectivity index (χ0) is 12.3. The summed E-state index contributed by atoms with van der Waals surface area (Å²) in [6, 6.07) is 0.607. The molecular formula is C12H20N4O. The number of methoxy groups -OCH3 is 1. The fourth-order valence-electron chi connectivity index (χ4n) is 2.27. The van der Waals surface area contributed by atoms with E-state index in [9.17, 15) is 0 Å². The number of anilines is 1. The molecule has 1 aromatic rings. The highest BCUT2D eigenvalue weighted by Crippen LogP contribution is 2.21. The molecular weight excluding hydrogens is 216 g/mol. The number of hydrogen-bond acceptors (Lipinski definition) is 5. The van der Waals surface area contributed by atoms with Crippen molar-refractivity contribution in [2.24, 2.45) is 0 Å². The maximum absolute atomic E-state index is 5.18. The Morgan fingerprint density at radius 2 is 2.35 bits per heavy atom. The third kappa shape index (κ3) is 2.66. The Kier molecular flexibility index (Phi) is 3.78. The minimum Gasteiger partial charge on any atom is -0.481 e. The number of likely N-dealkylation sites (N-methyl/N-ethyl adjacent to an activating group) is 1. The smallest absolute Gasteiger partial charge is 0.221 e. The van der Waals surface area contributed by atoms with Crippen molar-refractivity contribution in [3.63, 3.8) is 0 Å². The predicted molar refractivity (Wildman–Crippen MR) is 67.5 cm³/mol. The summed E-state index contributed by atoms with van der Waals surface area (Å²) in [6.45, 7) is 4.09. The first-order chi connectivity index (χ1) is 8.22. The predicted octanol–water partition coefficient (Wildman–Crippen LogP) is 1.30. The molecule has 5 nitrogen and oxygen atoms in total. The fourth-order valence-corrected chi connectivity index (χ4v) is 2.27. The second-order valence-electron chi connectivity index (χ2n) is 4.51. The van der Waals surface area contributed by atoms with Gasteiger partial charge in [-0.05, 0) is 33.4 Å². The first-order valence-electron chi connectivity index (χ1n) is 6.02. The average molecular weight is 236 g/mol. The van der Waals surface area contributed by atoms with Gasteiger partial charge < -0.3 is 15.0 Å². The van der Waals surface area contributed by atoms with Crippen molar-refractivity contribution < 1.29 is 4.74 Å². The van der Waals surface area contributed by atoms with Gasteiger partial charge >= 0.3 is 0 Å². The fraction of sp³-hybridized carbons (Fsp3) is 0.667. The van der Waals surface area contributed by atoms with Gasteiger partial charge in [0.15, 0.2) is 0 Å². The molecule has 1 aromatic heterocycles. The van der Waals surface area contributed by atoms with Crippen LogP contribution in [-0.4, -0.2) is 48.2 Å². The summed E-state index contributed by atoms with van der Waals surface area (Å²) in [5, 5.41) is 3.39. The van der Waals surface area contributed by atoms with Gasteiger partial charge in [0, 0.05) is 12.6 Å². The molecule has 1 aliphatic heterocycles. The van der Waals surface area contributed by atoms with Gasteiger partial charge in [-0.15, -0.1) is 0 Å². The lowest BCUT2D eigenvalue weighted by molar-refractivity contribution is 0.322. The van der Waals surface area contributed by atoms with Crippen LogP contribution < -0.4 is 10.1 Å². The van der Waals surface area contributed by atoms with E-state index >= 15 is 0 Å². The van der Waals surface area contributed by atoms with Crippen LogP contribution in [0.5, 0.6) is 5.88 Å². The van der Waals surface area contributed by atoms with Gasteiger partial charge in [0.2, 0.25) is 5.88 Å². The SMILES string of the molecule is COc1ncnc(NCC2CCCN2C)c1C. The van der Waals surface area contributed by atoms with Crippen LogP contribution in [0.3, 0.4) is 0 Å². The Morgan fingerprint density at radius 3 is 3.00 bits per heavy atom. The van der Waals surface area contributed by atoms with E-state index in [1.165, 1.54) is 25.7 Å². The number of aromatic nitrogens is 2. The summed E-state index contributed by atoms with van der Waals surface area (Å²) in [4.78, 5) is 10.7. The van der Waals surface area contributed by atoms with Crippen LogP contribution in [0.25, 0.3) is 0 Å². The Labute approximate surface area is 102 Å². The molecule has 0 saturated carbocycles. The highest BCUT2D eigenvalue weighted by Gasteiger charge is 2.20. The third-order valence-corrected chi connectivity index (χ3v) is 3.41. The Hall–Kier alpha value is -1.36. The molecule has 2 heterocycles. The average Bonchev–Trinajstić information content (AvgIpc) is 2.74. The standard InChI is InChI=1S/C12H20N4O/c1-9-11(14-8-15-12(9)17-3)13-7-10-5-4-6-16(10)2/h8,10H,4-7H2,1-3H3,(H,13,14,15). The van der Waals surface area contributed by atoms with E-state index in [1.807, 2.05) is 6.92 Å². The largest absolute Gasteiger partial charge is 0.481 e. The van der Waals surface area contributed by atoms with E-state index in [0.29, 0.717) is 11.9 Å². The zero-order valence-electron chi connectivity index (χ0n) is 10.7. The van der Waals surface area contributed by atoms with Crippen molar-refractivity contribution in [1.29, 1.82) is 0 Å². The minimum atomic E-state index is 0.607. The molecule has 1 N–H and O–H groups in total. The van der Waals surface area contributed by atoms with Crippen molar-refractivity contribution in [3.8, 4) is 5.88 Å². The van der Waals surface area contributed by atoms with Gasteiger partial charge in [0.25, 0.3) is 0 Å². The molecule has 0 amide bonds. The van der Waals surface area contributed by atoms with Crippen LogP contribution in [-0.2, 0) is 0 Å². The van der Waals surface area contributed by atoms with Crippen LogP contribution in [0.2, 0.25) is 0 Å². The van der Waals surface area contributed by atoms with Crippen LogP contribution in [0, 0.1) is 6.92 Å². The summed E-state index contributed by atoms with van der Waals surface area (Å²) < 4.78 is 5.18. The Balaban J connectivity index is 1.99. The summed E-state index contributed by atoms with van der Waals surface area (Å²) in [7, 11) is 3.80. The monoisotopic (exact) mass is 236 g/mol. The van der Waals surface area contributed by atoms with Crippen LogP contribution >= 0.6 is 0 Å². The molecule has 1 aliphatic rings. The van der Waals surface area contributed by atoms with E-state index in [0.717, 1.165) is 17.9 Å². The van der Waals surface area contributed by atoms with Gasteiger partial charge in [0.1, 0.15) is 12.1 Å². The van der Waals surface area contributed by atoms with Crippen molar-refractivity contribution in [1.82, 2.24) is 14.9 Å². The van der Waals surface area contributed by atoms with Crippen molar-refractivity contribution >= 4 is 5.82 Å². The maximum atomic E-state index is 5.18. The summed E-state index contributed by atoms with van der Waals surface area (Å²) in [5.41, 5.74) is 0.968. The van der Waals surface area contributed by atoms with Gasteiger partial charge in [-0.2, -0.15) is 0 Å². The lowest BCUT2D eigenvalue weighted by Gasteiger charge is -2.20. The molecule has 1 unspecified atom stereocenters. The van der Waals surface area contributed by atoms with E-state index in [1.54, 1.807) is 7.11 Å². The minimum absolute atomic E-state index is 0.607. The van der Waals surface area contributed by atoms with Crippen LogP contribution in [0.4, 0.5) is 5.82 Å². The van der Waals surface area contributed by atoms with E-state index in [4.69, 9.17) is 4.74 Å². The van der Waals surface area contributed by atoms with Gasteiger partial charge in [0.05, 0.1) is 12.7 Å². The molecule has 0 spiro atoms. The molecule has 0 radical (unpaired) electrons. The summed E-state index contributed by atoms with van der Waals surface area (Å²) in [5.74, 6) is 1.51. The second-order valence-corrected chi connectivity index (χ2v) is 4.51. The molecule has 1 saturated heterocycles. The molecule has 0 aliphatic carbocycles. The summed E-state index contributed by atoms with van der Waals surface area (Å²) >= 11 is 0. The number of rotatable bonds is 4. The maximum Gasteiger partial charge on any atom is 0.221 e. The third-order valence-electron chi connectivity index (χ3n) is 3.41. The Morgan fingerprint density at radius 1 is 1.53 bits per heavy atom. The van der Waals surface area contributed by atoms with Gasteiger partial charge in [-0.1, -0.05) is 0 Å². The molecule has 5 heteroatoms. The van der Waals surface area contributed by atoms with Gasteiger partial charge in [-0.25, -0.2) is 9.97 Å². The number of nitrogens with one attached hydrogen (secondary N) is 1. The normalized spacial score (nSPS) is 20.5. The molecule has 0 bridgehead atoms. The zero-order valence-corrected chi connectivity index (χ0v) is 10.7. The highest BCUT2D eigenvalue weighted by molar-refractivity contribution is 5.47. The number of nitrogens with zero attached hydrogens (tertiary/aromatic N) is 3. The second kappa shape index (κ2) is 5.31. The van der Waals surface area contributed by atoms with E-state index in [2.05, 4.69) is 27.2 Å². The van der Waals surface area contributed by atoms with Crippen molar-refractivity contribution in [2.75, 3.05) is 32.6 Å². The Bertz CT molecular complexity index is 383. The molecule has 94 valence electrons. The van der Waals surface area contributed by atoms with Crippen molar-refractivity contribution in [2.45, 2.75) is 25.8 Å². The van der Waals surface area contributed by atoms with Crippen molar-refractivity contribution in [3.05, 3.63) is 11.9 Å². The van der Waals surface area contributed by atoms with Crippen LogP contribution in [0.15, 0.2) is 6.33 Å². The number of hydrogen-bond donors (Lipinski definition) is 1. The lowest BCUT2D eigenvalue weighted by atomic mass is 10.2. The highest BCUT2D eigenvalue weighted by atomic mass is 16.5. The van der Waals surface area contributed by atoms with E-state index < -0.39 is 0 Å². The first-order valence-corrected chi connectivity index (χ1v) is 6.02. The number of likely N-dealkylation sites (tertiary alicyclic amines) is 1. The molecule has 17 heavy (non-hydrogen) atoms. The molecule has 0 aromatic carbocycles. The topological polar surface area (TPSA) is 50.3 Å². The molecule has 2 rings (SSSR count). The van der Waals surface area contributed by atoms with E-state index in [-0.39, 0.29) is 0 Å². The summed E-state index contributed by atoms with van der Waals surface area (Å²) in [6.07, 6.45) is 4.08. The van der Waals surface area contributed by atoms with Crippen LogP contribution in [0.1, 0.15) is 18.4 Å². The van der Waals surface area contributed by atoms with Gasteiger partial charge in [-0.3, -0.25) is 0 Å². The first kappa shape index (κ1) is 12.1.